The molecule has 0 spiro atoms. The molecule has 56 valence electrons. The lowest BCUT2D eigenvalue weighted by molar-refractivity contribution is 0.339. The van der Waals surface area contributed by atoms with E-state index in [9.17, 15) is 0 Å². The number of rotatable bonds is 3. The summed E-state index contributed by atoms with van der Waals surface area (Å²) in [7, 11) is 1.79. The number of hydrogen-bond acceptors (Lipinski definition) is 2. The maximum atomic E-state index is 2.36. The summed E-state index contributed by atoms with van der Waals surface area (Å²) >= 11 is 2.32. The number of hydrogen-bond donors (Lipinski definition) is 0. The van der Waals surface area contributed by atoms with Crippen LogP contribution < -0.4 is 0 Å². The van der Waals surface area contributed by atoms with E-state index in [0.29, 0.717) is 12.1 Å². The van der Waals surface area contributed by atoms with Crippen molar-refractivity contribution < 1.29 is 0 Å². The summed E-state index contributed by atoms with van der Waals surface area (Å²) in [5, 5.41) is 0. The summed E-state index contributed by atoms with van der Waals surface area (Å²) in [6.45, 7) is 8.86. The molecular formula is C6H14INS. The summed E-state index contributed by atoms with van der Waals surface area (Å²) in [4.78, 5) is 0. The standard InChI is InChI=1S/C6H14INS/c1-5(2)8(9-7)6(3)4/h5-6H,1-4H3. The Bertz CT molecular complexity index is 67.5. The van der Waals surface area contributed by atoms with E-state index < -0.39 is 0 Å². The first-order valence-corrected chi connectivity index (χ1v) is 6.48. The Labute approximate surface area is 74.3 Å². The fourth-order valence-corrected chi connectivity index (χ4v) is 3.80. The average Bonchev–Trinajstić information content (AvgIpc) is 1.64. The Morgan fingerprint density at radius 3 is 1.44 bits per heavy atom. The minimum atomic E-state index is 0.645. The molecule has 9 heavy (non-hydrogen) atoms. The van der Waals surface area contributed by atoms with Crippen LogP contribution in [0.2, 0.25) is 0 Å². The van der Waals surface area contributed by atoms with Gasteiger partial charge in [0, 0.05) is 33.3 Å². The lowest BCUT2D eigenvalue weighted by atomic mass is 10.3. The summed E-state index contributed by atoms with van der Waals surface area (Å²) in [6.07, 6.45) is 0. The van der Waals surface area contributed by atoms with Gasteiger partial charge >= 0.3 is 0 Å². The molecule has 0 saturated carbocycles. The second-order valence-electron chi connectivity index (χ2n) is 2.62. The molecule has 1 nitrogen and oxygen atoms in total. The van der Waals surface area contributed by atoms with Crippen molar-refractivity contribution in [2.24, 2.45) is 0 Å². The van der Waals surface area contributed by atoms with Gasteiger partial charge in [0.05, 0.1) is 0 Å². The third kappa shape index (κ3) is 3.68. The third-order valence-corrected chi connectivity index (χ3v) is 3.46. The molecule has 0 aliphatic heterocycles. The molecule has 0 heterocycles. The highest BCUT2D eigenvalue weighted by Gasteiger charge is 2.11. The Morgan fingerprint density at radius 1 is 1.11 bits per heavy atom. The highest BCUT2D eigenvalue weighted by molar-refractivity contribution is 14.2. The van der Waals surface area contributed by atoms with Crippen LogP contribution in [0.4, 0.5) is 0 Å². The van der Waals surface area contributed by atoms with Crippen LogP contribution in [-0.4, -0.2) is 16.4 Å². The van der Waals surface area contributed by atoms with E-state index in [1.165, 1.54) is 0 Å². The maximum Gasteiger partial charge on any atom is 0.0156 e. The molecular weight excluding hydrogens is 245 g/mol. The van der Waals surface area contributed by atoms with Gasteiger partial charge in [-0.2, -0.15) is 0 Å². The Balaban J connectivity index is 3.68. The van der Waals surface area contributed by atoms with Crippen LogP contribution in [0.3, 0.4) is 0 Å². The fourth-order valence-electron chi connectivity index (χ4n) is 0.756. The third-order valence-electron chi connectivity index (χ3n) is 1.10. The van der Waals surface area contributed by atoms with Crippen LogP contribution in [0.5, 0.6) is 0 Å². The molecule has 0 amide bonds. The van der Waals surface area contributed by atoms with E-state index in [-0.39, 0.29) is 0 Å². The molecule has 0 N–H and O–H groups in total. The summed E-state index contributed by atoms with van der Waals surface area (Å²) in [5.74, 6) is 0. The van der Waals surface area contributed by atoms with E-state index >= 15 is 0 Å². The summed E-state index contributed by atoms with van der Waals surface area (Å²) < 4.78 is 2.36. The summed E-state index contributed by atoms with van der Waals surface area (Å²) in [6, 6.07) is 1.29. The largest absolute Gasteiger partial charge is 0.237 e. The van der Waals surface area contributed by atoms with E-state index in [1.54, 1.807) is 9.12 Å². The molecule has 0 aromatic rings. The number of halogens is 1. The predicted molar refractivity (Wildman–Crippen MR) is 53.7 cm³/mol. The minimum absolute atomic E-state index is 0.645. The van der Waals surface area contributed by atoms with Crippen LogP contribution in [-0.2, 0) is 0 Å². The van der Waals surface area contributed by atoms with Gasteiger partial charge in [0.1, 0.15) is 0 Å². The van der Waals surface area contributed by atoms with E-state index in [2.05, 4.69) is 53.2 Å². The van der Waals surface area contributed by atoms with Crippen molar-refractivity contribution in [1.82, 2.24) is 4.31 Å². The normalized spacial score (nSPS) is 12.0. The van der Waals surface area contributed by atoms with Gasteiger partial charge < -0.3 is 0 Å². The second kappa shape index (κ2) is 4.79. The van der Waals surface area contributed by atoms with Gasteiger partial charge in [-0.05, 0) is 36.8 Å². The van der Waals surface area contributed by atoms with Crippen molar-refractivity contribution in [3.8, 4) is 0 Å². The molecule has 0 aromatic heterocycles. The first-order valence-electron chi connectivity index (χ1n) is 3.16. The molecule has 0 fully saturated rings. The number of nitrogens with zero attached hydrogens (tertiary/aromatic N) is 1. The molecule has 0 aromatic carbocycles. The van der Waals surface area contributed by atoms with Gasteiger partial charge in [-0.15, -0.1) is 0 Å². The smallest absolute Gasteiger partial charge is 0.0156 e. The average molecular weight is 259 g/mol. The Kier molecular flexibility index (Phi) is 5.35. The van der Waals surface area contributed by atoms with Crippen LogP contribution in [0, 0.1) is 0 Å². The van der Waals surface area contributed by atoms with Gasteiger partial charge in [0.15, 0.2) is 0 Å². The highest BCUT2D eigenvalue weighted by atomic mass is 127. The zero-order valence-corrected chi connectivity index (χ0v) is 9.36. The zero-order valence-electron chi connectivity index (χ0n) is 6.39. The maximum absolute atomic E-state index is 2.36. The van der Waals surface area contributed by atoms with Crippen molar-refractivity contribution >= 4 is 30.3 Å². The molecule has 0 radical (unpaired) electrons. The van der Waals surface area contributed by atoms with Gasteiger partial charge in [-0.25, -0.2) is 4.31 Å². The van der Waals surface area contributed by atoms with Gasteiger partial charge in [-0.1, -0.05) is 0 Å². The van der Waals surface area contributed by atoms with Gasteiger partial charge in [0.2, 0.25) is 0 Å². The lowest BCUT2D eigenvalue weighted by Gasteiger charge is -2.25. The monoisotopic (exact) mass is 259 g/mol. The minimum Gasteiger partial charge on any atom is -0.237 e. The Hall–Kier alpha value is 1.04. The topological polar surface area (TPSA) is 3.24 Å². The van der Waals surface area contributed by atoms with E-state index in [0.717, 1.165) is 0 Å². The molecule has 0 rings (SSSR count). The molecule has 0 unspecified atom stereocenters. The van der Waals surface area contributed by atoms with Crippen molar-refractivity contribution in [3.63, 3.8) is 0 Å². The molecule has 0 aliphatic rings. The predicted octanol–water partition coefficient (Wildman–Crippen LogP) is 3.10. The van der Waals surface area contributed by atoms with Crippen molar-refractivity contribution in [2.45, 2.75) is 39.8 Å². The van der Waals surface area contributed by atoms with Crippen molar-refractivity contribution in [3.05, 3.63) is 0 Å². The molecule has 0 saturated heterocycles. The molecule has 0 aliphatic carbocycles. The zero-order chi connectivity index (χ0) is 7.44. The highest BCUT2D eigenvalue weighted by Crippen LogP contribution is 2.23. The first kappa shape index (κ1) is 10.0. The van der Waals surface area contributed by atoms with Crippen LogP contribution >= 0.6 is 30.3 Å². The van der Waals surface area contributed by atoms with Gasteiger partial charge in [-0.3, -0.25) is 0 Å². The molecule has 0 atom stereocenters. The Morgan fingerprint density at radius 2 is 1.44 bits per heavy atom. The molecule has 3 heteroatoms. The fraction of sp³-hybridized carbons (Fsp3) is 1.00. The van der Waals surface area contributed by atoms with Crippen LogP contribution in [0.1, 0.15) is 27.7 Å². The van der Waals surface area contributed by atoms with Gasteiger partial charge in [0.25, 0.3) is 0 Å². The van der Waals surface area contributed by atoms with E-state index in [1.807, 2.05) is 0 Å². The SMILES string of the molecule is CC(C)N(SI)C(C)C. The van der Waals surface area contributed by atoms with Crippen LogP contribution in [0.15, 0.2) is 0 Å². The first-order chi connectivity index (χ1) is 4.09. The lowest BCUT2D eigenvalue weighted by Crippen LogP contribution is -2.29. The quantitative estimate of drug-likeness (QED) is 0.566. The van der Waals surface area contributed by atoms with E-state index in [4.69, 9.17) is 0 Å². The van der Waals surface area contributed by atoms with Crippen molar-refractivity contribution in [1.29, 1.82) is 0 Å². The summed E-state index contributed by atoms with van der Waals surface area (Å²) in [5.41, 5.74) is 0. The van der Waals surface area contributed by atoms with Crippen molar-refractivity contribution in [2.75, 3.05) is 0 Å². The molecule has 0 bridgehead atoms. The second-order valence-corrected chi connectivity index (χ2v) is 4.36. The van der Waals surface area contributed by atoms with Crippen LogP contribution in [0.25, 0.3) is 0 Å².